The quantitative estimate of drug-likeness (QED) is 0.855. The topological polar surface area (TPSA) is 29.3 Å². The molecule has 0 saturated heterocycles. The maximum Gasteiger partial charge on any atom is 0.125 e. The number of rotatable bonds is 2. The van der Waals surface area contributed by atoms with Crippen molar-refractivity contribution in [3.8, 4) is 0 Å². The van der Waals surface area contributed by atoms with E-state index in [2.05, 4.69) is 0 Å². The van der Waals surface area contributed by atoms with Crippen LogP contribution >= 0.6 is 0 Å². The number of hydrogen-bond acceptors (Lipinski definition) is 2. The Morgan fingerprint density at radius 2 is 1.82 bits per heavy atom. The van der Waals surface area contributed by atoms with Crippen molar-refractivity contribution in [3.05, 3.63) is 29.6 Å². The van der Waals surface area contributed by atoms with Gasteiger partial charge < -0.3 is 10.6 Å². The van der Waals surface area contributed by atoms with Crippen LogP contribution in [0.25, 0.3) is 0 Å². The van der Waals surface area contributed by atoms with Crippen LogP contribution in [0.15, 0.2) is 18.2 Å². The zero-order valence-electron chi connectivity index (χ0n) is 10.7. The van der Waals surface area contributed by atoms with Gasteiger partial charge in [0, 0.05) is 25.3 Å². The summed E-state index contributed by atoms with van der Waals surface area (Å²) in [5.41, 5.74) is 8.25. The first-order valence-corrected chi connectivity index (χ1v) is 6.29. The van der Waals surface area contributed by atoms with Gasteiger partial charge in [-0.3, -0.25) is 0 Å². The normalized spacial score (nSPS) is 19.1. The molecule has 1 fully saturated rings. The lowest BCUT2D eigenvalue weighted by Gasteiger charge is -2.36. The monoisotopic (exact) mass is 236 g/mol. The van der Waals surface area contributed by atoms with Gasteiger partial charge in [-0.2, -0.15) is 0 Å². The lowest BCUT2D eigenvalue weighted by atomic mass is 9.76. The smallest absolute Gasteiger partial charge is 0.125 e. The number of benzene rings is 1. The highest BCUT2D eigenvalue weighted by atomic mass is 19.1. The third-order valence-corrected chi connectivity index (χ3v) is 3.72. The minimum absolute atomic E-state index is 0.197. The van der Waals surface area contributed by atoms with Gasteiger partial charge in [0.25, 0.3) is 0 Å². The molecule has 0 radical (unpaired) electrons. The molecular formula is C14H21FN2. The maximum absolute atomic E-state index is 13.3. The van der Waals surface area contributed by atoms with Crippen LogP contribution in [-0.4, -0.2) is 14.1 Å². The molecule has 1 aliphatic carbocycles. The third-order valence-electron chi connectivity index (χ3n) is 3.72. The first-order chi connectivity index (χ1) is 8.03. The molecule has 0 aromatic heterocycles. The maximum atomic E-state index is 13.3. The van der Waals surface area contributed by atoms with Gasteiger partial charge in [-0.05, 0) is 30.5 Å². The summed E-state index contributed by atoms with van der Waals surface area (Å²) in [5.74, 6) is -0.197. The second-order valence-corrected chi connectivity index (χ2v) is 5.27. The van der Waals surface area contributed by atoms with Gasteiger partial charge in [0.2, 0.25) is 0 Å². The second-order valence-electron chi connectivity index (χ2n) is 5.27. The number of halogens is 1. The molecule has 17 heavy (non-hydrogen) atoms. The summed E-state index contributed by atoms with van der Waals surface area (Å²) in [6.07, 6.45) is 5.60. The van der Waals surface area contributed by atoms with Crippen molar-refractivity contribution in [3.63, 3.8) is 0 Å². The summed E-state index contributed by atoms with van der Waals surface area (Å²) >= 11 is 0. The predicted molar refractivity (Wildman–Crippen MR) is 69.7 cm³/mol. The largest absolute Gasteiger partial charge is 0.377 e. The van der Waals surface area contributed by atoms with Gasteiger partial charge in [0.15, 0.2) is 0 Å². The zero-order valence-corrected chi connectivity index (χ0v) is 10.7. The van der Waals surface area contributed by atoms with Crippen LogP contribution in [-0.2, 0) is 5.54 Å². The molecule has 0 bridgehead atoms. The molecule has 3 heteroatoms. The van der Waals surface area contributed by atoms with Crippen molar-refractivity contribution in [2.75, 3.05) is 19.0 Å². The molecule has 0 unspecified atom stereocenters. The van der Waals surface area contributed by atoms with E-state index in [0.717, 1.165) is 24.1 Å². The third kappa shape index (κ3) is 2.44. The van der Waals surface area contributed by atoms with Gasteiger partial charge in [0.1, 0.15) is 5.82 Å². The fourth-order valence-corrected chi connectivity index (χ4v) is 2.75. The predicted octanol–water partition coefficient (Wildman–Crippen LogP) is 3.01. The van der Waals surface area contributed by atoms with E-state index < -0.39 is 0 Å². The van der Waals surface area contributed by atoms with E-state index in [0.29, 0.717) is 0 Å². The number of anilines is 1. The van der Waals surface area contributed by atoms with Crippen molar-refractivity contribution in [2.24, 2.45) is 5.73 Å². The number of nitrogens with two attached hydrogens (primary N) is 1. The summed E-state index contributed by atoms with van der Waals surface area (Å²) in [7, 11) is 3.87. The van der Waals surface area contributed by atoms with E-state index in [-0.39, 0.29) is 11.4 Å². The van der Waals surface area contributed by atoms with Crippen LogP contribution in [0.5, 0.6) is 0 Å². The number of hydrogen-bond donors (Lipinski definition) is 1. The van der Waals surface area contributed by atoms with Gasteiger partial charge >= 0.3 is 0 Å². The number of nitrogens with zero attached hydrogens (tertiary/aromatic N) is 1. The molecule has 2 rings (SSSR count). The van der Waals surface area contributed by atoms with Gasteiger partial charge in [-0.25, -0.2) is 4.39 Å². The molecule has 0 spiro atoms. The zero-order chi connectivity index (χ0) is 12.5. The first kappa shape index (κ1) is 12.4. The van der Waals surface area contributed by atoms with Crippen LogP contribution in [0.2, 0.25) is 0 Å². The molecule has 2 N–H and O–H groups in total. The van der Waals surface area contributed by atoms with Crippen molar-refractivity contribution in [1.29, 1.82) is 0 Å². The first-order valence-electron chi connectivity index (χ1n) is 6.29. The summed E-state index contributed by atoms with van der Waals surface area (Å²) < 4.78 is 13.3. The second kappa shape index (κ2) is 4.65. The van der Waals surface area contributed by atoms with E-state index in [1.807, 2.05) is 25.1 Å². The molecule has 1 aromatic rings. The van der Waals surface area contributed by atoms with Crippen LogP contribution in [0, 0.1) is 5.82 Å². The van der Waals surface area contributed by atoms with Crippen molar-refractivity contribution >= 4 is 5.69 Å². The van der Waals surface area contributed by atoms with E-state index in [1.54, 1.807) is 6.07 Å². The van der Waals surface area contributed by atoms with E-state index >= 15 is 0 Å². The lowest BCUT2D eigenvalue weighted by molar-refractivity contribution is 0.302. The molecule has 94 valence electrons. The summed E-state index contributed by atoms with van der Waals surface area (Å²) in [6, 6.07) is 4.96. The molecule has 0 amide bonds. The molecule has 0 atom stereocenters. The van der Waals surface area contributed by atoms with Gasteiger partial charge in [0.05, 0.1) is 0 Å². The standard InChI is InChI=1S/C14H21FN2/c1-17(2)13-10-11(15)6-7-12(13)14(16)8-4-3-5-9-14/h6-7,10H,3-5,8-9,16H2,1-2H3. The fourth-order valence-electron chi connectivity index (χ4n) is 2.75. The Balaban J connectivity index is 2.43. The summed E-state index contributed by atoms with van der Waals surface area (Å²) in [4.78, 5) is 1.95. The molecule has 0 heterocycles. The highest BCUT2D eigenvalue weighted by Gasteiger charge is 2.32. The molecule has 1 saturated carbocycles. The molecular weight excluding hydrogens is 215 g/mol. The molecule has 2 nitrogen and oxygen atoms in total. The Morgan fingerprint density at radius 3 is 2.41 bits per heavy atom. The summed E-state index contributed by atoms with van der Waals surface area (Å²) in [6.45, 7) is 0. The van der Waals surface area contributed by atoms with Crippen molar-refractivity contribution in [1.82, 2.24) is 0 Å². The highest BCUT2D eigenvalue weighted by Crippen LogP contribution is 2.39. The average Bonchev–Trinajstić information content (AvgIpc) is 2.29. The minimum Gasteiger partial charge on any atom is -0.377 e. The Bertz CT molecular complexity index is 395. The van der Waals surface area contributed by atoms with Crippen molar-refractivity contribution < 1.29 is 4.39 Å². The van der Waals surface area contributed by atoms with Crippen molar-refractivity contribution in [2.45, 2.75) is 37.6 Å². The van der Waals surface area contributed by atoms with Gasteiger partial charge in [-0.15, -0.1) is 0 Å². The van der Waals surface area contributed by atoms with E-state index in [9.17, 15) is 4.39 Å². The molecule has 0 aliphatic heterocycles. The Kier molecular flexibility index (Phi) is 3.38. The Labute approximate surface area is 103 Å². The van der Waals surface area contributed by atoms with E-state index in [1.165, 1.54) is 25.3 Å². The minimum atomic E-state index is -0.272. The van der Waals surface area contributed by atoms with E-state index in [4.69, 9.17) is 5.73 Å². The lowest BCUT2D eigenvalue weighted by Crippen LogP contribution is -2.39. The SMILES string of the molecule is CN(C)c1cc(F)ccc1C1(N)CCCCC1. The van der Waals surface area contributed by atoms with Gasteiger partial charge in [-0.1, -0.05) is 25.3 Å². The molecule has 1 aromatic carbocycles. The summed E-state index contributed by atoms with van der Waals surface area (Å²) in [5, 5.41) is 0. The van der Waals surface area contributed by atoms with Crippen LogP contribution in [0.3, 0.4) is 0 Å². The Hall–Kier alpha value is -1.09. The highest BCUT2D eigenvalue weighted by molar-refractivity contribution is 5.56. The van der Waals surface area contributed by atoms with Crippen LogP contribution in [0.1, 0.15) is 37.7 Å². The fraction of sp³-hybridized carbons (Fsp3) is 0.571. The Morgan fingerprint density at radius 1 is 1.18 bits per heavy atom. The van der Waals surface area contributed by atoms with Crippen LogP contribution in [0.4, 0.5) is 10.1 Å². The molecule has 1 aliphatic rings. The average molecular weight is 236 g/mol. The van der Waals surface area contributed by atoms with Crippen LogP contribution < -0.4 is 10.6 Å².